The van der Waals surface area contributed by atoms with E-state index in [2.05, 4.69) is 10.6 Å². The second-order valence-electron chi connectivity index (χ2n) is 5.96. The minimum Gasteiger partial charge on any atom is -0.380 e. The summed E-state index contributed by atoms with van der Waals surface area (Å²) in [4.78, 5) is 24.1. The molecule has 2 N–H and O–H groups in total. The van der Waals surface area contributed by atoms with E-state index in [1.54, 1.807) is 13.2 Å². The van der Waals surface area contributed by atoms with Crippen molar-refractivity contribution in [3.63, 3.8) is 0 Å². The Hall–Kier alpha value is -2.66. The number of carbonyl (C=O) groups excluding carboxylic acids is 2. The Bertz CT molecular complexity index is 756. The highest BCUT2D eigenvalue weighted by Crippen LogP contribution is 2.10. The molecule has 0 aromatic heterocycles. The molecule has 0 spiro atoms. The average Bonchev–Trinajstić information content (AvgIpc) is 2.61. The van der Waals surface area contributed by atoms with Crippen LogP contribution in [0.3, 0.4) is 0 Å². The summed E-state index contributed by atoms with van der Waals surface area (Å²) in [5.41, 5.74) is 4.76. The van der Waals surface area contributed by atoms with Crippen LogP contribution in [0, 0.1) is 13.8 Å². The van der Waals surface area contributed by atoms with E-state index in [-0.39, 0.29) is 18.4 Å². The first-order valence-corrected chi connectivity index (χ1v) is 8.19. The molecule has 2 amide bonds. The Morgan fingerprint density at radius 3 is 2.36 bits per heavy atom. The molecule has 0 atom stereocenters. The molecule has 0 aliphatic rings. The fraction of sp³-hybridized carbons (Fsp3) is 0.300. The number of methoxy groups -OCH3 is 1. The third-order valence-electron chi connectivity index (χ3n) is 4.07. The van der Waals surface area contributed by atoms with Gasteiger partial charge in [-0.3, -0.25) is 9.59 Å². The predicted octanol–water partition coefficient (Wildman–Crippen LogP) is 2.50. The van der Waals surface area contributed by atoms with Crippen molar-refractivity contribution in [2.45, 2.75) is 27.0 Å². The zero-order chi connectivity index (χ0) is 18.2. The van der Waals surface area contributed by atoms with E-state index < -0.39 is 0 Å². The van der Waals surface area contributed by atoms with Gasteiger partial charge in [0.25, 0.3) is 5.91 Å². The van der Waals surface area contributed by atoms with Crippen LogP contribution in [-0.4, -0.2) is 25.5 Å². The number of benzene rings is 2. The van der Waals surface area contributed by atoms with Gasteiger partial charge in [-0.1, -0.05) is 30.3 Å². The fourth-order valence-corrected chi connectivity index (χ4v) is 2.43. The normalized spacial score (nSPS) is 10.4. The lowest BCUT2D eigenvalue weighted by atomic mass is 10.1. The van der Waals surface area contributed by atoms with Gasteiger partial charge in [-0.25, -0.2) is 0 Å². The summed E-state index contributed by atoms with van der Waals surface area (Å²) in [6, 6.07) is 13.2. The summed E-state index contributed by atoms with van der Waals surface area (Å²) in [6.45, 7) is 4.79. The van der Waals surface area contributed by atoms with Gasteiger partial charge in [0.2, 0.25) is 5.91 Å². The maximum Gasteiger partial charge on any atom is 0.251 e. The first-order valence-electron chi connectivity index (χ1n) is 8.19. The largest absolute Gasteiger partial charge is 0.380 e. The van der Waals surface area contributed by atoms with E-state index >= 15 is 0 Å². The molecule has 5 nitrogen and oxygen atoms in total. The van der Waals surface area contributed by atoms with Crippen LogP contribution in [0.25, 0.3) is 0 Å². The third-order valence-corrected chi connectivity index (χ3v) is 4.07. The number of rotatable bonds is 7. The van der Waals surface area contributed by atoms with Crippen molar-refractivity contribution in [3.05, 3.63) is 70.3 Å². The van der Waals surface area contributed by atoms with E-state index in [0.717, 1.165) is 22.3 Å². The van der Waals surface area contributed by atoms with Gasteiger partial charge in [-0.2, -0.15) is 0 Å². The molecule has 2 aromatic carbocycles. The standard InChI is InChI=1S/C20H24N2O3/c1-14-8-9-16(10-15(14)2)20(24)22-12-19(23)21-11-17-6-4-5-7-18(17)13-25-3/h4-10H,11-13H2,1-3H3,(H,21,23)(H,22,24). The number of hydrogen-bond acceptors (Lipinski definition) is 3. The number of carbonyl (C=O) groups is 2. The predicted molar refractivity (Wildman–Crippen MR) is 97.3 cm³/mol. The minimum atomic E-state index is -0.252. The zero-order valence-corrected chi connectivity index (χ0v) is 14.9. The highest BCUT2D eigenvalue weighted by atomic mass is 16.5. The average molecular weight is 340 g/mol. The summed E-state index contributed by atoms with van der Waals surface area (Å²) >= 11 is 0. The van der Waals surface area contributed by atoms with Gasteiger partial charge in [-0.05, 0) is 48.2 Å². The second-order valence-corrected chi connectivity index (χ2v) is 5.96. The number of ether oxygens (including phenoxy) is 1. The molecular weight excluding hydrogens is 316 g/mol. The van der Waals surface area contributed by atoms with Crippen molar-refractivity contribution < 1.29 is 14.3 Å². The summed E-state index contributed by atoms with van der Waals surface area (Å²) in [5.74, 6) is -0.484. The molecule has 0 heterocycles. The lowest BCUT2D eigenvalue weighted by Gasteiger charge is -2.11. The van der Waals surface area contributed by atoms with E-state index in [4.69, 9.17) is 4.74 Å². The lowest BCUT2D eigenvalue weighted by molar-refractivity contribution is -0.120. The first kappa shape index (κ1) is 18.7. The molecule has 0 bridgehead atoms. The molecule has 0 aliphatic heterocycles. The summed E-state index contributed by atoms with van der Waals surface area (Å²) in [7, 11) is 1.64. The molecule has 0 saturated heterocycles. The van der Waals surface area contributed by atoms with Crippen LogP contribution < -0.4 is 10.6 Å². The topological polar surface area (TPSA) is 67.4 Å². The van der Waals surface area contributed by atoms with Crippen LogP contribution >= 0.6 is 0 Å². The van der Waals surface area contributed by atoms with Crippen LogP contribution in [0.15, 0.2) is 42.5 Å². The van der Waals surface area contributed by atoms with Crippen molar-refractivity contribution in [3.8, 4) is 0 Å². The lowest BCUT2D eigenvalue weighted by Crippen LogP contribution is -2.36. The molecule has 25 heavy (non-hydrogen) atoms. The van der Waals surface area contributed by atoms with Crippen molar-refractivity contribution in [2.75, 3.05) is 13.7 Å². The maximum atomic E-state index is 12.1. The summed E-state index contributed by atoms with van der Waals surface area (Å²) < 4.78 is 5.15. The van der Waals surface area contributed by atoms with Gasteiger partial charge in [-0.15, -0.1) is 0 Å². The summed E-state index contributed by atoms with van der Waals surface area (Å²) in [5, 5.41) is 5.46. The molecule has 5 heteroatoms. The van der Waals surface area contributed by atoms with E-state index in [1.165, 1.54) is 0 Å². The Kier molecular flexibility index (Phi) is 6.71. The first-order chi connectivity index (χ1) is 12.0. The number of hydrogen-bond donors (Lipinski definition) is 2. The maximum absolute atomic E-state index is 12.1. The Labute approximate surface area is 148 Å². The molecule has 132 valence electrons. The Morgan fingerprint density at radius 1 is 0.960 bits per heavy atom. The van der Waals surface area contributed by atoms with Gasteiger partial charge in [0.1, 0.15) is 0 Å². The number of aryl methyl sites for hydroxylation is 2. The van der Waals surface area contributed by atoms with Crippen molar-refractivity contribution in [1.82, 2.24) is 10.6 Å². The van der Waals surface area contributed by atoms with Gasteiger partial charge < -0.3 is 15.4 Å². The summed E-state index contributed by atoms with van der Waals surface area (Å²) in [6.07, 6.45) is 0. The number of nitrogens with one attached hydrogen (secondary N) is 2. The highest BCUT2D eigenvalue weighted by molar-refractivity contribution is 5.96. The third kappa shape index (κ3) is 5.43. The Balaban J connectivity index is 1.84. The van der Waals surface area contributed by atoms with Gasteiger partial charge in [0, 0.05) is 19.2 Å². The fourth-order valence-electron chi connectivity index (χ4n) is 2.43. The van der Waals surface area contributed by atoms with Crippen LogP contribution in [-0.2, 0) is 22.7 Å². The van der Waals surface area contributed by atoms with Crippen molar-refractivity contribution in [1.29, 1.82) is 0 Å². The van der Waals surface area contributed by atoms with Crippen molar-refractivity contribution in [2.24, 2.45) is 0 Å². The molecule has 0 saturated carbocycles. The van der Waals surface area contributed by atoms with Gasteiger partial charge in [0.05, 0.1) is 13.2 Å². The van der Waals surface area contributed by atoms with E-state index in [1.807, 2.05) is 50.2 Å². The van der Waals surface area contributed by atoms with Crippen molar-refractivity contribution >= 4 is 11.8 Å². The number of amides is 2. The van der Waals surface area contributed by atoms with Crippen LogP contribution in [0.5, 0.6) is 0 Å². The molecule has 2 aromatic rings. The quantitative estimate of drug-likeness (QED) is 0.814. The van der Waals surface area contributed by atoms with Gasteiger partial charge in [0.15, 0.2) is 0 Å². The molecule has 0 aliphatic carbocycles. The highest BCUT2D eigenvalue weighted by Gasteiger charge is 2.09. The second kappa shape index (κ2) is 8.99. The van der Waals surface area contributed by atoms with Crippen LogP contribution in [0.1, 0.15) is 32.6 Å². The molecule has 0 fully saturated rings. The Morgan fingerprint density at radius 2 is 1.68 bits per heavy atom. The molecular formula is C20H24N2O3. The molecule has 0 radical (unpaired) electrons. The monoisotopic (exact) mass is 340 g/mol. The SMILES string of the molecule is COCc1ccccc1CNC(=O)CNC(=O)c1ccc(C)c(C)c1. The van der Waals surface area contributed by atoms with E-state index in [9.17, 15) is 9.59 Å². The van der Waals surface area contributed by atoms with Crippen LogP contribution in [0.4, 0.5) is 0 Å². The van der Waals surface area contributed by atoms with Crippen LogP contribution in [0.2, 0.25) is 0 Å². The zero-order valence-electron chi connectivity index (χ0n) is 14.9. The minimum absolute atomic E-state index is 0.0573. The molecule has 2 rings (SSSR count). The van der Waals surface area contributed by atoms with Gasteiger partial charge >= 0.3 is 0 Å². The van der Waals surface area contributed by atoms with E-state index in [0.29, 0.717) is 18.7 Å². The smallest absolute Gasteiger partial charge is 0.251 e. The molecule has 0 unspecified atom stereocenters.